The van der Waals surface area contributed by atoms with E-state index in [1.54, 1.807) is 0 Å². The molecule has 1 aromatic carbocycles. The summed E-state index contributed by atoms with van der Waals surface area (Å²) in [7, 11) is -3.27. The van der Waals surface area contributed by atoms with Crippen molar-refractivity contribution < 1.29 is 13.2 Å². The van der Waals surface area contributed by atoms with E-state index in [0.29, 0.717) is 12.5 Å². The standard InChI is InChI=1S/C25H35N3O3S/c1-19-12-14-26-25(16-19)28-15-13-24(27-32(2,29)30)22(17-28)18-31-23-10-8-21(9-11-23)20-6-4-3-5-7-20/h3-7,12,14,16,21-24,27H,8-11,13,15,17-18H2,1-2H3/t21-,22-,23+,24-/m0/s1. The van der Waals surface area contributed by atoms with Crippen molar-refractivity contribution in [3.8, 4) is 0 Å². The van der Waals surface area contributed by atoms with Crippen LogP contribution in [0.4, 0.5) is 5.82 Å². The van der Waals surface area contributed by atoms with Crippen LogP contribution in [0.3, 0.4) is 0 Å². The van der Waals surface area contributed by atoms with Gasteiger partial charge in [-0.3, -0.25) is 0 Å². The molecule has 2 aliphatic rings. The fourth-order valence-corrected chi connectivity index (χ4v) is 5.94. The molecule has 2 fully saturated rings. The molecule has 1 saturated carbocycles. The normalized spacial score (nSPS) is 26.8. The Balaban J connectivity index is 1.36. The van der Waals surface area contributed by atoms with Crippen LogP contribution in [-0.2, 0) is 14.8 Å². The Hall–Kier alpha value is -1.96. The molecule has 1 aromatic heterocycles. The first-order chi connectivity index (χ1) is 15.4. The summed E-state index contributed by atoms with van der Waals surface area (Å²) in [6.45, 7) is 4.15. The van der Waals surface area contributed by atoms with Crippen LogP contribution in [0.5, 0.6) is 0 Å². The molecular formula is C25H35N3O3S. The molecule has 174 valence electrons. The van der Waals surface area contributed by atoms with Crippen LogP contribution >= 0.6 is 0 Å². The molecule has 2 atom stereocenters. The van der Waals surface area contributed by atoms with E-state index in [1.807, 2.05) is 12.3 Å². The van der Waals surface area contributed by atoms with E-state index >= 15 is 0 Å². The fourth-order valence-electron chi connectivity index (χ4n) is 5.08. The van der Waals surface area contributed by atoms with Gasteiger partial charge in [-0.2, -0.15) is 0 Å². The van der Waals surface area contributed by atoms with Crippen LogP contribution in [0.15, 0.2) is 48.7 Å². The Labute approximate surface area is 192 Å². The minimum Gasteiger partial charge on any atom is -0.378 e. The van der Waals surface area contributed by atoms with Crippen LogP contribution in [0.25, 0.3) is 0 Å². The average Bonchev–Trinajstić information content (AvgIpc) is 2.78. The molecule has 0 bridgehead atoms. The van der Waals surface area contributed by atoms with Crippen LogP contribution in [-0.4, -0.2) is 51.5 Å². The van der Waals surface area contributed by atoms with Gasteiger partial charge in [-0.15, -0.1) is 0 Å². The van der Waals surface area contributed by atoms with E-state index < -0.39 is 10.0 Å². The van der Waals surface area contributed by atoms with Gasteiger partial charge in [0.15, 0.2) is 0 Å². The molecule has 1 N–H and O–H groups in total. The Bertz CT molecular complexity index is 975. The van der Waals surface area contributed by atoms with Crippen molar-refractivity contribution in [2.24, 2.45) is 5.92 Å². The van der Waals surface area contributed by atoms with Gasteiger partial charge in [0.1, 0.15) is 5.82 Å². The number of nitrogens with one attached hydrogen (secondary N) is 1. The summed E-state index contributed by atoms with van der Waals surface area (Å²) in [5, 5.41) is 0. The Morgan fingerprint density at radius 2 is 1.84 bits per heavy atom. The predicted octanol–water partition coefficient (Wildman–Crippen LogP) is 3.88. The quantitative estimate of drug-likeness (QED) is 0.683. The Kier molecular flexibility index (Phi) is 7.48. The van der Waals surface area contributed by atoms with Gasteiger partial charge in [-0.25, -0.2) is 18.1 Å². The first kappa shape index (κ1) is 23.2. The van der Waals surface area contributed by atoms with Crippen molar-refractivity contribution in [1.29, 1.82) is 0 Å². The van der Waals surface area contributed by atoms with Gasteiger partial charge in [-0.1, -0.05) is 30.3 Å². The van der Waals surface area contributed by atoms with Crippen molar-refractivity contribution in [2.45, 2.75) is 57.1 Å². The zero-order valence-electron chi connectivity index (χ0n) is 19.1. The summed E-state index contributed by atoms with van der Waals surface area (Å²) >= 11 is 0. The minimum absolute atomic E-state index is 0.0904. The van der Waals surface area contributed by atoms with Gasteiger partial charge in [0.2, 0.25) is 10.0 Å². The number of pyridine rings is 1. The van der Waals surface area contributed by atoms with Gasteiger partial charge in [0, 0.05) is 31.2 Å². The molecule has 0 amide bonds. The highest BCUT2D eigenvalue weighted by atomic mass is 32.2. The molecule has 7 heteroatoms. The van der Waals surface area contributed by atoms with E-state index in [4.69, 9.17) is 4.74 Å². The number of ether oxygens (including phenoxy) is 1. The summed E-state index contributed by atoms with van der Waals surface area (Å²) in [6, 6.07) is 14.7. The van der Waals surface area contributed by atoms with Crippen molar-refractivity contribution in [1.82, 2.24) is 9.71 Å². The largest absolute Gasteiger partial charge is 0.378 e. The molecule has 0 radical (unpaired) electrons. The average molecular weight is 458 g/mol. The van der Waals surface area contributed by atoms with Crippen molar-refractivity contribution in [3.05, 3.63) is 59.8 Å². The van der Waals surface area contributed by atoms with E-state index in [2.05, 4.69) is 57.9 Å². The highest BCUT2D eigenvalue weighted by molar-refractivity contribution is 7.88. The molecule has 2 aromatic rings. The number of hydrogen-bond donors (Lipinski definition) is 1. The van der Waals surface area contributed by atoms with Gasteiger partial charge in [-0.05, 0) is 68.2 Å². The zero-order valence-corrected chi connectivity index (χ0v) is 19.9. The second kappa shape index (κ2) is 10.3. The van der Waals surface area contributed by atoms with Crippen molar-refractivity contribution >= 4 is 15.8 Å². The third-order valence-corrected chi connectivity index (χ3v) is 7.55. The molecule has 6 nitrogen and oxygen atoms in total. The number of aromatic nitrogens is 1. The molecule has 1 aliphatic heterocycles. The van der Waals surface area contributed by atoms with E-state index in [0.717, 1.165) is 51.0 Å². The highest BCUT2D eigenvalue weighted by Crippen LogP contribution is 2.34. The van der Waals surface area contributed by atoms with Crippen LogP contribution in [0.2, 0.25) is 0 Å². The van der Waals surface area contributed by atoms with Crippen molar-refractivity contribution in [3.63, 3.8) is 0 Å². The van der Waals surface area contributed by atoms with Crippen LogP contribution in [0.1, 0.15) is 49.1 Å². The summed E-state index contributed by atoms with van der Waals surface area (Å²) in [4.78, 5) is 6.79. The minimum atomic E-state index is -3.27. The predicted molar refractivity (Wildman–Crippen MR) is 128 cm³/mol. The second-order valence-corrected chi connectivity index (χ2v) is 11.2. The highest BCUT2D eigenvalue weighted by Gasteiger charge is 2.33. The molecule has 0 unspecified atom stereocenters. The zero-order chi connectivity index (χ0) is 22.6. The first-order valence-corrected chi connectivity index (χ1v) is 13.6. The van der Waals surface area contributed by atoms with E-state index in [-0.39, 0.29) is 18.1 Å². The molecular weight excluding hydrogens is 422 g/mol. The van der Waals surface area contributed by atoms with Gasteiger partial charge in [0.25, 0.3) is 0 Å². The summed E-state index contributed by atoms with van der Waals surface area (Å²) < 4.78 is 33.1. The summed E-state index contributed by atoms with van der Waals surface area (Å²) in [6.07, 6.45) is 8.47. The molecule has 1 saturated heterocycles. The summed E-state index contributed by atoms with van der Waals surface area (Å²) in [5.74, 6) is 1.66. The van der Waals surface area contributed by atoms with Crippen LogP contribution in [0, 0.1) is 12.8 Å². The first-order valence-electron chi connectivity index (χ1n) is 11.7. The lowest BCUT2D eigenvalue weighted by Crippen LogP contribution is -2.52. The van der Waals surface area contributed by atoms with Crippen molar-refractivity contribution in [2.75, 3.05) is 30.9 Å². The Morgan fingerprint density at radius 1 is 1.09 bits per heavy atom. The lowest BCUT2D eigenvalue weighted by molar-refractivity contribution is -0.00213. The number of anilines is 1. The maximum atomic E-state index is 11.9. The third-order valence-electron chi connectivity index (χ3n) is 6.82. The molecule has 1 aliphatic carbocycles. The number of piperidine rings is 1. The maximum absolute atomic E-state index is 11.9. The number of nitrogens with zero attached hydrogens (tertiary/aromatic N) is 2. The molecule has 4 rings (SSSR count). The van der Waals surface area contributed by atoms with E-state index in [9.17, 15) is 8.42 Å². The van der Waals surface area contributed by atoms with Crippen LogP contribution < -0.4 is 9.62 Å². The van der Waals surface area contributed by atoms with Gasteiger partial charge >= 0.3 is 0 Å². The number of hydrogen-bond acceptors (Lipinski definition) is 5. The summed E-state index contributed by atoms with van der Waals surface area (Å²) in [5.41, 5.74) is 2.60. The second-order valence-electron chi connectivity index (χ2n) is 9.40. The Morgan fingerprint density at radius 3 is 2.53 bits per heavy atom. The number of benzene rings is 1. The van der Waals surface area contributed by atoms with Gasteiger partial charge < -0.3 is 9.64 Å². The molecule has 2 heterocycles. The smallest absolute Gasteiger partial charge is 0.208 e. The topological polar surface area (TPSA) is 71.5 Å². The monoisotopic (exact) mass is 457 g/mol. The van der Waals surface area contributed by atoms with E-state index in [1.165, 1.54) is 17.4 Å². The molecule has 32 heavy (non-hydrogen) atoms. The number of rotatable bonds is 7. The molecule has 0 spiro atoms. The third kappa shape index (κ3) is 6.30. The number of sulfonamides is 1. The lowest BCUT2D eigenvalue weighted by atomic mass is 9.82. The lowest BCUT2D eigenvalue weighted by Gasteiger charge is -2.40. The fraction of sp³-hybridized carbons (Fsp3) is 0.560. The number of aryl methyl sites for hydroxylation is 1. The SMILES string of the molecule is Cc1ccnc(N2CC[C@H](NS(C)(=O)=O)[C@H](CO[C@H]3CC[C@@H](c4ccccc4)CC3)C2)c1. The van der Waals surface area contributed by atoms with Gasteiger partial charge in [0.05, 0.1) is 19.0 Å². The maximum Gasteiger partial charge on any atom is 0.208 e.